The first-order valence-corrected chi connectivity index (χ1v) is 13.2. The molecular weight excluding hydrogens is 494 g/mol. The standard InChI is InChI=1S/C29H35N7O3/c1-33-11-13-34(14-12-33)9-4-5-26(37)35-10-8-23(19-35)36-18-22(27-28(30)31-20-32-29(27)36)7-6-21-15-24(38-2)17-25(16-21)39-3/h4-5,15-18,20,23H,8-14,19H2,1-3H3,(H2,30,31,32)/b5-4+/t23-/m0/s1. The second-order valence-corrected chi connectivity index (χ2v) is 9.99. The number of benzene rings is 1. The number of hydrogen-bond acceptors (Lipinski definition) is 8. The number of fused-ring (bicyclic) bond motifs is 1. The van der Waals surface area contributed by atoms with Crippen molar-refractivity contribution in [2.75, 3.05) is 72.8 Å². The zero-order valence-corrected chi connectivity index (χ0v) is 22.8. The number of hydrogen-bond donors (Lipinski definition) is 1. The molecular formula is C29H35N7O3. The van der Waals surface area contributed by atoms with Gasteiger partial charge < -0.3 is 29.6 Å². The summed E-state index contributed by atoms with van der Waals surface area (Å²) in [5.74, 6) is 8.20. The smallest absolute Gasteiger partial charge is 0.246 e. The van der Waals surface area contributed by atoms with Crippen LogP contribution in [0.15, 0.2) is 42.9 Å². The highest BCUT2D eigenvalue weighted by molar-refractivity contribution is 5.92. The third kappa shape index (κ3) is 6.00. The quantitative estimate of drug-likeness (QED) is 0.382. The molecule has 1 amide bonds. The van der Waals surface area contributed by atoms with Crippen LogP contribution < -0.4 is 15.2 Å². The summed E-state index contributed by atoms with van der Waals surface area (Å²) in [6.45, 7) is 6.28. The van der Waals surface area contributed by atoms with Crippen LogP contribution in [0.1, 0.15) is 23.6 Å². The van der Waals surface area contributed by atoms with Gasteiger partial charge in [-0.3, -0.25) is 9.69 Å². The van der Waals surface area contributed by atoms with Gasteiger partial charge in [0.1, 0.15) is 29.3 Å². The molecule has 2 aliphatic rings. The van der Waals surface area contributed by atoms with E-state index in [-0.39, 0.29) is 11.9 Å². The Bertz CT molecular complexity index is 1410. The molecule has 2 saturated heterocycles. The number of piperazine rings is 1. The predicted octanol–water partition coefficient (Wildman–Crippen LogP) is 2.01. The van der Waals surface area contributed by atoms with Gasteiger partial charge in [0.15, 0.2) is 0 Å². The fourth-order valence-corrected chi connectivity index (χ4v) is 5.11. The molecule has 204 valence electrons. The number of nitrogens with two attached hydrogens (primary N) is 1. The highest BCUT2D eigenvalue weighted by atomic mass is 16.5. The molecule has 5 rings (SSSR count). The zero-order chi connectivity index (χ0) is 27.4. The second-order valence-electron chi connectivity index (χ2n) is 9.99. The van der Waals surface area contributed by atoms with Gasteiger partial charge in [-0.15, -0.1) is 0 Å². The van der Waals surface area contributed by atoms with Gasteiger partial charge in [-0.05, 0) is 25.6 Å². The molecule has 0 bridgehead atoms. The number of likely N-dealkylation sites (N-methyl/N-ethyl adjacent to an activating group) is 1. The first kappa shape index (κ1) is 26.5. The highest BCUT2D eigenvalue weighted by Crippen LogP contribution is 2.31. The van der Waals surface area contributed by atoms with E-state index in [1.54, 1.807) is 26.4 Å². The lowest BCUT2D eigenvalue weighted by Crippen LogP contribution is -2.44. The molecule has 10 nitrogen and oxygen atoms in total. The van der Waals surface area contributed by atoms with Crippen LogP contribution in [0.25, 0.3) is 11.0 Å². The monoisotopic (exact) mass is 529 g/mol. The Balaban J connectivity index is 1.33. The van der Waals surface area contributed by atoms with E-state index in [1.807, 2.05) is 29.3 Å². The van der Waals surface area contributed by atoms with Crippen LogP contribution in [0, 0.1) is 11.8 Å². The number of rotatable bonds is 6. The minimum absolute atomic E-state index is 0.0456. The van der Waals surface area contributed by atoms with E-state index in [0.717, 1.165) is 61.3 Å². The summed E-state index contributed by atoms with van der Waals surface area (Å²) >= 11 is 0. The number of anilines is 1. The SMILES string of the molecule is COc1cc(C#Cc2cn([C@H]3CCN(C(=O)/C=C/CN4CCN(C)CC4)C3)c3ncnc(N)c23)cc(OC)c1. The second kappa shape index (κ2) is 11.8. The molecule has 1 atom stereocenters. The van der Waals surface area contributed by atoms with Crippen LogP contribution in [0.4, 0.5) is 5.82 Å². The van der Waals surface area contributed by atoms with Crippen molar-refractivity contribution >= 4 is 22.8 Å². The van der Waals surface area contributed by atoms with E-state index in [4.69, 9.17) is 15.2 Å². The van der Waals surface area contributed by atoms with Crippen molar-refractivity contribution in [1.29, 1.82) is 0 Å². The van der Waals surface area contributed by atoms with Crippen molar-refractivity contribution in [1.82, 2.24) is 29.2 Å². The minimum Gasteiger partial charge on any atom is -0.497 e. The average Bonchev–Trinajstić information content (AvgIpc) is 3.59. The van der Waals surface area contributed by atoms with Gasteiger partial charge in [-0.25, -0.2) is 9.97 Å². The molecule has 0 radical (unpaired) electrons. The Kier molecular flexibility index (Phi) is 8.00. The maximum Gasteiger partial charge on any atom is 0.246 e. The highest BCUT2D eigenvalue weighted by Gasteiger charge is 2.28. The molecule has 0 spiro atoms. The fraction of sp³-hybridized carbons (Fsp3) is 0.414. The van der Waals surface area contributed by atoms with Gasteiger partial charge in [-0.1, -0.05) is 17.9 Å². The zero-order valence-electron chi connectivity index (χ0n) is 22.8. The number of aromatic nitrogens is 3. The summed E-state index contributed by atoms with van der Waals surface area (Å²) < 4.78 is 12.8. The maximum atomic E-state index is 12.9. The van der Waals surface area contributed by atoms with Crippen molar-refractivity contribution < 1.29 is 14.3 Å². The van der Waals surface area contributed by atoms with Gasteiger partial charge in [0, 0.05) is 69.7 Å². The number of likely N-dealkylation sites (tertiary alicyclic amines) is 1. The lowest BCUT2D eigenvalue weighted by Gasteiger charge is -2.31. The molecule has 3 aromatic rings. The topological polar surface area (TPSA) is 102 Å². The summed E-state index contributed by atoms with van der Waals surface area (Å²) in [5, 5.41) is 0.719. The Hall–Kier alpha value is -4.07. The van der Waals surface area contributed by atoms with Crippen LogP contribution in [0.3, 0.4) is 0 Å². The molecule has 2 N–H and O–H groups in total. The van der Waals surface area contributed by atoms with Crippen molar-refractivity contribution in [3.63, 3.8) is 0 Å². The number of methoxy groups -OCH3 is 2. The van der Waals surface area contributed by atoms with E-state index < -0.39 is 0 Å². The molecule has 39 heavy (non-hydrogen) atoms. The number of amides is 1. The van der Waals surface area contributed by atoms with Crippen LogP contribution >= 0.6 is 0 Å². The number of carbonyl (C=O) groups excluding carboxylic acids is 1. The van der Waals surface area contributed by atoms with Crippen molar-refractivity contribution in [2.24, 2.45) is 0 Å². The minimum atomic E-state index is 0.0456. The summed E-state index contributed by atoms with van der Waals surface area (Å²) in [7, 11) is 5.36. The van der Waals surface area contributed by atoms with Gasteiger partial charge in [0.2, 0.25) is 5.91 Å². The molecule has 4 heterocycles. The Morgan fingerprint density at radius 3 is 2.54 bits per heavy atom. The number of carbonyl (C=O) groups is 1. The maximum absolute atomic E-state index is 12.9. The first-order valence-electron chi connectivity index (χ1n) is 13.2. The molecule has 2 aromatic heterocycles. The average molecular weight is 530 g/mol. The Morgan fingerprint density at radius 1 is 1.08 bits per heavy atom. The van der Waals surface area contributed by atoms with Crippen molar-refractivity contribution in [3.8, 4) is 23.3 Å². The predicted molar refractivity (Wildman–Crippen MR) is 151 cm³/mol. The number of ether oxygens (including phenoxy) is 2. The van der Waals surface area contributed by atoms with Crippen molar-refractivity contribution in [2.45, 2.75) is 12.5 Å². The van der Waals surface area contributed by atoms with Gasteiger partial charge in [0.25, 0.3) is 0 Å². The van der Waals surface area contributed by atoms with Crippen LogP contribution in [-0.2, 0) is 4.79 Å². The molecule has 10 heteroatoms. The number of nitrogen functional groups attached to an aromatic ring is 1. The Labute approximate surface area is 229 Å². The summed E-state index contributed by atoms with van der Waals surface area (Å²) in [5.41, 5.74) is 8.49. The van der Waals surface area contributed by atoms with E-state index in [9.17, 15) is 4.79 Å². The molecule has 0 unspecified atom stereocenters. The lowest BCUT2D eigenvalue weighted by atomic mass is 10.1. The van der Waals surface area contributed by atoms with Crippen LogP contribution in [0.5, 0.6) is 11.5 Å². The van der Waals surface area contributed by atoms with Crippen molar-refractivity contribution in [3.05, 3.63) is 54.0 Å². The summed E-state index contributed by atoms with van der Waals surface area (Å²) in [4.78, 5) is 28.2. The Morgan fingerprint density at radius 2 is 1.82 bits per heavy atom. The van der Waals surface area contributed by atoms with E-state index in [1.165, 1.54) is 6.33 Å². The summed E-state index contributed by atoms with van der Waals surface area (Å²) in [6.07, 6.45) is 7.97. The molecule has 2 fully saturated rings. The summed E-state index contributed by atoms with van der Waals surface area (Å²) in [6, 6.07) is 5.58. The van der Waals surface area contributed by atoms with E-state index in [0.29, 0.717) is 30.4 Å². The first-order chi connectivity index (χ1) is 18.9. The number of nitrogens with zero attached hydrogens (tertiary/aromatic N) is 6. The molecule has 0 saturated carbocycles. The van der Waals surface area contributed by atoms with Crippen LogP contribution in [0.2, 0.25) is 0 Å². The third-order valence-corrected chi connectivity index (χ3v) is 7.42. The molecule has 1 aromatic carbocycles. The van der Waals surface area contributed by atoms with Gasteiger partial charge in [0.05, 0.1) is 31.2 Å². The molecule has 2 aliphatic heterocycles. The van der Waals surface area contributed by atoms with Gasteiger partial charge in [-0.2, -0.15) is 0 Å². The van der Waals surface area contributed by atoms with E-state index in [2.05, 4.69) is 43.2 Å². The third-order valence-electron chi connectivity index (χ3n) is 7.42. The van der Waals surface area contributed by atoms with E-state index >= 15 is 0 Å². The lowest BCUT2D eigenvalue weighted by molar-refractivity contribution is -0.125. The van der Waals surface area contributed by atoms with Gasteiger partial charge >= 0.3 is 0 Å². The molecule has 0 aliphatic carbocycles. The largest absolute Gasteiger partial charge is 0.497 e. The normalized spacial score (nSPS) is 18.4. The van der Waals surface area contributed by atoms with Crippen LogP contribution in [-0.4, -0.2) is 102 Å². The fourth-order valence-electron chi connectivity index (χ4n) is 5.11.